The standard InChI is InChI=1S/C27H26BrCl2N3O5/c1-16(38-23-10-9-19(29)13-21(23)30)26(34)32-22(11-17-7-5-4-6-8-17)27(35)33-31-15-18-12-24(36-2)25(37-3)14-20(18)28/h4-10,12-16,22H,11H2,1-3H3,(H,32,34)(H,33,35)/b31-15-/t16-,22-/m1/s1. The molecule has 2 atom stereocenters. The Hall–Kier alpha value is -3.27. The van der Waals surface area contributed by atoms with Crippen molar-refractivity contribution in [2.24, 2.45) is 5.10 Å². The summed E-state index contributed by atoms with van der Waals surface area (Å²) in [4.78, 5) is 26.0. The van der Waals surface area contributed by atoms with Crippen molar-refractivity contribution in [2.75, 3.05) is 14.2 Å². The maximum Gasteiger partial charge on any atom is 0.262 e. The van der Waals surface area contributed by atoms with E-state index < -0.39 is 24.0 Å². The molecular weight excluding hydrogens is 597 g/mol. The van der Waals surface area contributed by atoms with Crippen molar-refractivity contribution in [1.29, 1.82) is 0 Å². The summed E-state index contributed by atoms with van der Waals surface area (Å²) in [5, 5.41) is 7.53. The minimum absolute atomic E-state index is 0.238. The third-order valence-electron chi connectivity index (χ3n) is 5.36. The van der Waals surface area contributed by atoms with Gasteiger partial charge in [-0.2, -0.15) is 5.10 Å². The van der Waals surface area contributed by atoms with Crippen molar-refractivity contribution < 1.29 is 23.8 Å². The second-order valence-corrected chi connectivity index (χ2v) is 9.75. The Morgan fingerprint density at radius 1 is 0.974 bits per heavy atom. The first-order valence-corrected chi connectivity index (χ1v) is 13.0. The zero-order valence-corrected chi connectivity index (χ0v) is 23.9. The summed E-state index contributed by atoms with van der Waals surface area (Å²) in [6.45, 7) is 1.56. The molecule has 200 valence electrons. The molecule has 0 saturated heterocycles. The Bertz CT molecular complexity index is 1310. The molecule has 2 amide bonds. The minimum Gasteiger partial charge on any atom is -0.493 e. The van der Waals surface area contributed by atoms with Crippen LogP contribution in [0, 0.1) is 0 Å². The molecule has 3 rings (SSSR count). The van der Waals surface area contributed by atoms with Crippen LogP contribution < -0.4 is 25.0 Å². The monoisotopic (exact) mass is 621 g/mol. The summed E-state index contributed by atoms with van der Waals surface area (Å²) in [6.07, 6.45) is 0.758. The highest BCUT2D eigenvalue weighted by Crippen LogP contribution is 2.32. The van der Waals surface area contributed by atoms with Gasteiger partial charge in [-0.25, -0.2) is 5.43 Å². The summed E-state index contributed by atoms with van der Waals surface area (Å²) in [5.41, 5.74) is 4.00. The molecule has 0 spiro atoms. The van der Waals surface area contributed by atoms with E-state index in [1.54, 1.807) is 31.2 Å². The molecular formula is C27H26BrCl2N3O5. The van der Waals surface area contributed by atoms with Gasteiger partial charge < -0.3 is 19.5 Å². The van der Waals surface area contributed by atoms with Crippen molar-refractivity contribution in [1.82, 2.24) is 10.7 Å². The average Bonchev–Trinajstić information content (AvgIpc) is 2.90. The molecule has 11 heteroatoms. The molecule has 0 aromatic heterocycles. The number of hydrogen-bond acceptors (Lipinski definition) is 6. The minimum atomic E-state index is -0.939. The zero-order valence-electron chi connectivity index (χ0n) is 20.8. The van der Waals surface area contributed by atoms with Gasteiger partial charge in [0.05, 0.1) is 25.5 Å². The Labute approximate surface area is 239 Å². The number of methoxy groups -OCH3 is 2. The lowest BCUT2D eigenvalue weighted by Crippen LogP contribution is -2.50. The third-order valence-corrected chi connectivity index (χ3v) is 6.58. The molecule has 0 radical (unpaired) electrons. The van der Waals surface area contributed by atoms with Crippen LogP contribution in [0.25, 0.3) is 0 Å². The lowest BCUT2D eigenvalue weighted by molar-refractivity contribution is -0.132. The largest absolute Gasteiger partial charge is 0.493 e. The number of rotatable bonds is 11. The highest BCUT2D eigenvalue weighted by molar-refractivity contribution is 9.10. The van der Waals surface area contributed by atoms with Crippen LogP contribution in [0.3, 0.4) is 0 Å². The van der Waals surface area contributed by atoms with Gasteiger partial charge in [0.15, 0.2) is 17.6 Å². The number of hydrogen-bond donors (Lipinski definition) is 2. The van der Waals surface area contributed by atoms with Crippen LogP contribution in [0.15, 0.2) is 70.2 Å². The second-order valence-electron chi connectivity index (χ2n) is 8.05. The van der Waals surface area contributed by atoms with E-state index in [1.165, 1.54) is 26.5 Å². The molecule has 2 N–H and O–H groups in total. The van der Waals surface area contributed by atoms with Gasteiger partial charge in [-0.1, -0.05) is 53.5 Å². The van der Waals surface area contributed by atoms with Gasteiger partial charge in [-0.05, 0) is 58.7 Å². The highest BCUT2D eigenvalue weighted by Gasteiger charge is 2.25. The van der Waals surface area contributed by atoms with E-state index in [4.69, 9.17) is 37.4 Å². The molecule has 0 heterocycles. The van der Waals surface area contributed by atoms with Gasteiger partial charge >= 0.3 is 0 Å². The number of carbonyl (C=O) groups excluding carboxylic acids is 2. The van der Waals surface area contributed by atoms with E-state index in [1.807, 2.05) is 30.3 Å². The first-order chi connectivity index (χ1) is 18.2. The third kappa shape index (κ3) is 8.11. The summed E-state index contributed by atoms with van der Waals surface area (Å²) < 4.78 is 17.0. The fourth-order valence-electron chi connectivity index (χ4n) is 3.38. The van der Waals surface area contributed by atoms with E-state index in [-0.39, 0.29) is 11.4 Å². The first-order valence-electron chi connectivity index (χ1n) is 11.4. The Kier molecular flexibility index (Phi) is 10.8. The Morgan fingerprint density at radius 3 is 2.32 bits per heavy atom. The number of hydrazone groups is 1. The second kappa shape index (κ2) is 14.0. The molecule has 38 heavy (non-hydrogen) atoms. The van der Waals surface area contributed by atoms with Crippen LogP contribution in [0.1, 0.15) is 18.1 Å². The van der Waals surface area contributed by atoms with Crippen molar-refractivity contribution in [2.45, 2.75) is 25.5 Å². The average molecular weight is 623 g/mol. The maximum atomic E-state index is 13.1. The van der Waals surface area contributed by atoms with Gasteiger partial charge in [0.2, 0.25) is 0 Å². The van der Waals surface area contributed by atoms with Crippen LogP contribution >= 0.6 is 39.1 Å². The molecule has 0 unspecified atom stereocenters. The smallest absolute Gasteiger partial charge is 0.262 e. The fourth-order valence-corrected chi connectivity index (χ4v) is 4.25. The molecule has 0 aliphatic rings. The van der Waals surface area contributed by atoms with Gasteiger partial charge in [0, 0.05) is 21.5 Å². The van der Waals surface area contributed by atoms with E-state index in [9.17, 15) is 9.59 Å². The maximum absolute atomic E-state index is 13.1. The molecule has 0 aliphatic heterocycles. The molecule has 3 aromatic carbocycles. The zero-order chi connectivity index (χ0) is 27.7. The number of nitrogens with zero attached hydrogens (tertiary/aromatic N) is 1. The van der Waals surface area contributed by atoms with Crippen LogP contribution in [-0.4, -0.2) is 44.4 Å². The van der Waals surface area contributed by atoms with E-state index in [0.29, 0.717) is 32.3 Å². The molecule has 8 nitrogen and oxygen atoms in total. The number of halogens is 3. The molecule has 0 saturated carbocycles. The van der Waals surface area contributed by atoms with Gasteiger partial charge in [-0.15, -0.1) is 0 Å². The summed E-state index contributed by atoms with van der Waals surface area (Å²) in [6, 6.07) is 16.5. The van der Waals surface area contributed by atoms with E-state index >= 15 is 0 Å². The number of nitrogens with one attached hydrogen (secondary N) is 2. The van der Waals surface area contributed by atoms with Gasteiger partial charge in [-0.3, -0.25) is 9.59 Å². The topological polar surface area (TPSA) is 98.2 Å². The summed E-state index contributed by atoms with van der Waals surface area (Å²) in [7, 11) is 3.06. The van der Waals surface area contributed by atoms with Crippen LogP contribution in [0.2, 0.25) is 10.0 Å². The summed E-state index contributed by atoms with van der Waals surface area (Å²) >= 11 is 15.5. The van der Waals surface area contributed by atoms with E-state index in [0.717, 1.165) is 5.56 Å². The van der Waals surface area contributed by atoms with Gasteiger partial charge in [0.25, 0.3) is 11.8 Å². The van der Waals surface area contributed by atoms with Crippen molar-refractivity contribution in [3.05, 3.63) is 86.3 Å². The molecule has 3 aromatic rings. The number of ether oxygens (including phenoxy) is 3. The van der Waals surface area contributed by atoms with Crippen LogP contribution in [0.4, 0.5) is 0 Å². The predicted octanol–water partition coefficient (Wildman–Crippen LogP) is 5.42. The molecule has 0 bridgehead atoms. The normalized spacial score (nSPS) is 12.5. The number of benzene rings is 3. The molecule has 0 fully saturated rings. The summed E-state index contributed by atoms with van der Waals surface area (Å²) in [5.74, 6) is 0.341. The Balaban J connectivity index is 1.73. The number of carbonyl (C=O) groups is 2. The van der Waals surface area contributed by atoms with Crippen LogP contribution in [-0.2, 0) is 16.0 Å². The van der Waals surface area contributed by atoms with Crippen molar-refractivity contribution in [3.8, 4) is 17.2 Å². The lowest BCUT2D eigenvalue weighted by Gasteiger charge is -2.21. The van der Waals surface area contributed by atoms with Crippen molar-refractivity contribution in [3.63, 3.8) is 0 Å². The Morgan fingerprint density at radius 2 is 1.66 bits per heavy atom. The first kappa shape index (κ1) is 29.3. The fraction of sp³-hybridized carbons (Fsp3) is 0.222. The van der Waals surface area contributed by atoms with E-state index in [2.05, 4.69) is 31.8 Å². The number of amides is 2. The van der Waals surface area contributed by atoms with Gasteiger partial charge in [0.1, 0.15) is 11.8 Å². The predicted molar refractivity (Wildman–Crippen MR) is 152 cm³/mol. The lowest BCUT2D eigenvalue weighted by atomic mass is 10.1. The highest BCUT2D eigenvalue weighted by atomic mass is 79.9. The molecule has 0 aliphatic carbocycles. The quantitative estimate of drug-likeness (QED) is 0.220. The SMILES string of the molecule is COc1cc(Br)c(/C=N\NC(=O)[C@@H](Cc2ccccc2)NC(=O)[C@@H](C)Oc2ccc(Cl)cc2Cl)cc1OC. The van der Waals surface area contributed by atoms with Crippen LogP contribution in [0.5, 0.6) is 17.2 Å². The van der Waals surface area contributed by atoms with Crippen molar-refractivity contribution >= 4 is 57.2 Å².